The van der Waals surface area contributed by atoms with Crippen molar-refractivity contribution in [3.8, 4) is 0 Å². The van der Waals surface area contributed by atoms with Gasteiger partial charge in [-0.15, -0.1) is 0 Å². The van der Waals surface area contributed by atoms with Crippen molar-refractivity contribution in [2.24, 2.45) is 0 Å². The van der Waals surface area contributed by atoms with Crippen molar-refractivity contribution in [1.29, 1.82) is 0 Å². The van der Waals surface area contributed by atoms with E-state index in [1.54, 1.807) is 24.5 Å². The molecular weight excluding hydrogens is 318 g/mol. The van der Waals surface area contributed by atoms with Gasteiger partial charge in [0.25, 0.3) is 0 Å². The Balaban J connectivity index is 1.91. The normalized spacial score (nSPS) is 10.7. The number of aromatic nitrogens is 3. The quantitative estimate of drug-likeness (QED) is 0.693. The molecule has 0 aliphatic rings. The summed E-state index contributed by atoms with van der Waals surface area (Å²) in [5.74, 6) is -0.0279. The minimum Gasteiger partial charge on any atom is -0.292 e. The predicted molar refractivity (Wildman–Crippen MR) is 79.5 cm³/mol. The largest absolute Gasteiger partial charge is 0.292 e. The molecule has 0 fully saturated rings. The summed E-state index contributed by atoms with van der Waals surface area (Å²) in [6.07, 6.45) is 3.45. The van der Waals surface area contributed by atoms with Gasteiger partial charge in [-0.25, -0.2) is 4.98 Å². The van der Waals surface area contributed by atoms with Crippen LogP contribution in [-0.4, -0.2) is 21.0 Å². The summed E-state index contributed by atoms with van der Waals surface area (Å²) in [5, 5.41) is 8.47. The molecule has 0 saturated heterocycles. The van der Waals surface area contributed by atoms with Crippen LogP contribution < -0.4 is 0 Å². The molecule has 0 atom stereocenters. The summed E-state index contributed by atoms with van der Waals surface area (Å²) >= 11 is 3.41. The smallest absolute Gasteiger partial charge is 0.185 e. The molecule has 1 aromatic carbocycles. The van der Waals surface area contributed by atoms with Gasteiger partial charge in [0, 0.05) is 22.5 Å². The van der Waals surface area contributed by atoms with Gasteiger partial charge in [-0.2, -0.15) is 10.2 Å². The van der Waals surface area contributed by atoms with Crippen LogP contribution in [-0.2, 0) is 6.42 Å². The molecule has 0 spiro atoms. The molecule has 2 aromatic heterocycles. The third-order valence-corrected chi connectivity index (χ3v) is 3.44. The highest BCUT2D eigenvalue weighted by molar-refractivity contribution is 9.10. The molecule has 0 aliphatic heterocycles. The summed E-state index contributed by atoms with van der Waals surface area (Å²) < 4.78 is 0.945. The van der Waals surface area contributed by atoms with Crippen LogP contribution in [0.4, 0.5) is 0 Å². The second kappa shape index (κ2) is 5.46. The van der Waals surface area contributed by atoms with E-state index in [4.69, 9.17) is 0 Å². The molecule has 98 valence electrons. The molecule has 0 N–H and O–H groups in total. The third kappa shape index (κ3) is 2.72. The van der Waals surface area contributed by atoms with E-state index in [0.29, 0.717) is 5.69 Å². The lowest BCUT2D eigenvalue weighted by Crippen LogP contribution is -2.06. The molecule has 0 saturated carbocycles. The lowest BCUT2D eigenvalue weighted by atomic mass is 10.1. The number of rotatable bonds is 3. The Kier molecular flexibility index (Phi) is 3.52. The monoisotopic (exact) mass is 327 g/mol. The van der Waals surface area contributed by atoms with Gasteiger partial charge in [0.15, 0.2) is 5.78 Å². The fourth-order valence-corrected chi connectivity index (χ4v) is 2.29. The SMILES string of the molecule is O=C(Cc1ccnnc1)c1ccc2ccc(Br)cc2n1. The average molecular weight is 328 g/mol. The topological polar surface area (TPSA) is 55.7 Å². The van der Waals surface area contributed by atoms with E-state index < -0.39 is 0 Å². The number of carbonyl (C=O) groups excluding carboxylic acids is 1. The summed E-state index contributed by atoms with van der Waals surface area (Å²) in [4.78, 5) is 16.6. The molecule has 0 aliphatic carbocycles. The first-order chi connectivity index (χ1) is 9.72. The number of hydrogen-bond donors (Lipinski definition) is 0. The Morgan fingerprint density at radius 1 is 1.10 bits per heavy atom. The lowest BCUT2D eigenvalue weighted by Gasteiger charge is -2.03. The van der Waals surface area contributed by atoms with Crippen LogP contribution in [0.25, 0.3) is 10.9 Å². The van der Waals surface area contributed by atoms with Crippen molar-refractivity contribution in [3.05, 3.63) is 64.5 Å². The van der Waals surface area contributed by atoms with E-state index >= 15 is 0 Å². The Bertz CT molecular complexity index is 774. The van der Waals surface area contributed by atoms with Crippen LogP contribution in [0, 0.1) is 0 Å². The van der Waals surface area contributed by atoms with Crippen molar-refractivity contribution < 1.29 is 4.79 Å². The van der Waals surface area contributed by atoms with Crippen LogP contribution in [0.5, 0.6) is 0 Å². The van der Waals surface area contributed by atoms with Crippen LogP contribution in [0.3, 0.4) is 0 Å². The van der Waals surface area contributed by atoms with Crippen LogP contribution in [0.15, 0.2) is 53.3 Å². The molecule has 0 bridgehead atoms. The van der Waals surface area contributed by atoms with Crippen LogP contribution in [0.2, 0.25) is 0 Å². The summed E-state index contributed by atoms with van der Waals surface area (Å²) in [7, 11) is 0. The first-order valence-electron chi connectivity index (χ1n) is 6.07. The fourth-order valence-electron chi connectivity index (χ4n) is 1.94. The molecule has 0 amide bonds. The second-order valence-corrected chi connectivity index (χ2v) is 5.30. The summed E-state index contributed by atoms with van der Waals surface area (Å²) in [6, 6.07) is 11.3. The standard InChI is InChI=1S/C15H10BrN3O/c16-12-3-1-11-2-4-13(19-14(11)8-12)15(20)7-10-5-6-17-18-9-10/h1-6,8-9H,7H2. The molecule has 0 unspecified atom stereocenters. The zero-order valence-corrected chi connectivity index (χ0v) is 12.0. The van der Waals surface area contributed by atoms with Gasteiger partial charge in [0.1, 0.15) is 5.69 Å². The van der Waals surface area contributed by atoms with Gasteiger partial charge in [0.05, 0.1) is 11.7 Å². The van der Waals surface area contributed by atoms with E-state index in [2.05, 4.69) is 31.1 Å². The number of fused-ring (bicyclic) bond motifs is 1. The number of nitrogens with zero attached hydrogens (tertiary/aromatic N) is 3. The van der Waals surface area contributed by atoms with Gasteiger partial charge in [-0.05, 0) is 29.8 Å². The highest BCUT2D eigenvalue weighted by Crippen LogP contribution is 2.19. The maximum Gasteiger partial charge on any atom is 0.185 e. The van der Waals surface area contributed by atoms with Crippen molar-refractivity contribution in [3.63, 3.8) is 0 Å². The minimum atomic E-state index is -0.0279. The lowest BCUT2D eigenvalue weighted by molar-refractivity contribution is 0.0988. The zero-order chi connectivity index (χ0) is 13.9. The Labute approximate surface area is 124 Å². The number of ketones is 1. The maximum atomic E-state index is 12.2. The number of pyridine rings is 1. The van der Waals surface area contributed by atoms with Crippen molar-refractivity contribution in [2.45, 2.75) is 6.42 Å². The number of hydrogen-bond acceptors (Lipinski definition) is 4. The number of Topliss-reactive ketones (excluding diaryl/α,β-unsaturated/α-hetero) is 1. The number of carbonyl (C=O) groups is 1. The van der Waals surface area contributed by atoms with E-state index in [1.807, 2.05) is 24.3 Å². The molecule has 3 aromatic rings. The van der Waals surface area contributed by atoms with Gasteiger partial charge in [-0.1, -0.05) is 28.1 Å². The van der Waals surface area contributed by atoms with Gasteiger partial charge in [0.2, 0.25) is 0 Å². The Morgan fingerprint density at radius 2 is 1.95 bits per heavy atom. The van der Waals surface area contributed by atoms with Crippen molar-refractivity contribution in [2.75, 3.05) is 0 Å². The summed E-state index contributed by atoms with van der Waals surface area (Å²) in [5.41, 5.74) is 2.10. The number of benzene rings is 1. The zero-order valence-electron chi connectivity index (χ0n) is 10.5. The fraction of sp³-hybridized carbons (Fsp3) is 0.0667. The Hall–Kier alpha value is -2.14. The van der Waals surface area contributed by atoms with E-state index in [9.17, 15) is 4.79 Å². The van der Waals surface area contributed by atoms with E-state index in [0.717, 1.165) is 20.9 Å². The van der Waals surface area contributed by atoms with Crippen molar-refractivity contribution >= 4 is 32.6 Å². The van der Waals surface area contributed by atoms with Crippen LogP contribution in [0.1, 0.15) is 16.1 Å². The van der Waals surface area contributed by atoms with E-state index in [-0.39, 0.29) is 12.2 Å². The molecular formula is C15H10BrN3O. The molecule has 5 heteroatoms. The average Bonchev–Trinajstić information content (AvgIpc) is 2.47. The first-order valence-corrected chi connectivity index (χ1v) is 6.87. The molecule has 4 nitrogen and oxygen atoms in total. The number of halogens is 1. The third-order valence-electron chi connectivity index (χ3n) is 2.95. The highest BCUT2D eigenvalue weighted by atomic mass is 79.9. The molecule has 2 heterocycles. The van der Waals surface area contributed by atoms with Gasteiger partial charge in [-0.3, -0.25) is 4.79 Å². The predicted octanol–water partition coefficient (Wildman–Crippen LogP) is 3.21. The molecule has 0 radical (unpaired) electrons. The van der Waals surface area contributed by atoms with Gasteiger partial charge >= 0.3 is 0 Å². The minimum absolute atomic E-state index is 0.0279. The molecule has 20 heavy (non-hydrogen) atoms. The van der Waals surface area contributed by atoms with Gasteiger partial charge < -0.3 is 0 Å². The van der Waals surface area contributed by atoms with Crippen molar-refractivity contribution in [1.82, 2.24) is 15.2 Å². The summed E-state index contributed by atoms with van der Waals surface area (Å²) in [6.45, 7) is 0. The van der Waals surface area contributed by atoms with E-state index in [1.165, 1.54) is 0 Å². The second-order valence-electron chi connectivity index (χ2n) is 4.38. The highest BCUT2D eigenvalue weighted by Gasteiger charge is 2.09. The van der Waals surface area contributed by atoms with Crippen LogP contribution >= 0.6 is 15.9 Å². The first kappa shape index (κ1) is 12.9. The maximum absolute atomic E-state index is 12.2. The molecule has 3 rings (SSSR count). The Morgan fingerprint density at radius 3 is 2.75 bits per heavy atom.